The van der Waals surface area contributed by atoms with E-state index in [1.165, 1.54) is 4.90 Å². The minimum atomic E-state index is -1.67. The van der Waals surface area contributed by atoms with Gasteiger partial charge in [0.2, 0.25) is 0 Å². The van der Waals surface area contributed by atoms with Crippen LogP contribution in [-0.2, 0) is 0 Å². The molecule has 0 spiro atoms. The normalized spacial score (nSPS) is 22.3. The number of aliphatic hydroxyl groups excluding tert-OH is 1. The number of H-pyrrole nitrogens is 1. The Morgan fingerprint density at radius 1 is 1.45 bits per heavy atom. The van der Waals surface area contributed by atoms with Crippen molar-refractivity contribution < 1.29 is 14.3 Å². The Hall–Kier alpha value is -1.88. The number of benzene rings is 1. The van der Waals surface area contributed by atoms with Crippen molar-refractivity contribution in [3.63, 3.8) is 0 Å². The number of carbonyl (C=O) groups is 1. The van der Waals surface area contributed by atoms with Crippen LogP contribution in [0, 0.1) is 13.8 Å². The average molecular weight is 304 g/mol. The van der Waals surface area contributed by atoms with Gasteiger partial charge in [0, 0.05) is 28.7 Å². The van der Waals surface area contributed by atoms with Crippen LogP contribution in [0.25, 0.3) is 10.9 Å². The molecular formula is C17H21FN2O2. The van der Waals surface area contributed by atoms with Crippen LogP contribution in [-0.4, -0.2) is 46.3 Å². The maximum absolute atomic E-state index is 14.3. The minimum Gasteiger partial charge on any atom is -0.393 e. The molecular weight excluding hydrogens is 283 g/mol. The predicted octanol–water partition coefficient (Wildman–Crippen LogP) is 2.72. The van der Waals surface area contributed by atoms with Crippen molar-refractivity contribution in [3.05, 3.63) is 35.0 Å². The Morgan fingerprint density at radius 2 is 2.23 bits per heavy atom. The van der Waals surface area contributed by atoms with Crippen molar-refractivity contribution in [1.29, 1.82) is 0 Å². The van der Waals surface area contributed by atoms with Crippen LogP contribution in [0.3, 0.4) is 0 Å². The van der Waals surface area contributed by atoms with Gasteiger partial charge in [-0.2, -0.15) is 0 Å². The maximum Gasteiger partial charge on any atom is 0.253 e. The summed E-state index contributed by atoms with van der Waals surface area (Å²) in [5.41, 5.74) is 2.11. The molecule has 22 heavy (non-hydrogen) atoms. The van der Waals surface area contributed by atoms with Gasteiger partial charge in [-0.1, -0.05) is 0 Å². The average Bonchev–Trinajstić information content (AvgIpc) is 2.81. The van der Waals surface area contributed by atoms with E-state index in [9.17, 15) is 14.3 Å². The molecule has 1 unspecified atom stereocenters. The first kappa shape index (κ1) is 15.0. The van der Waals surface area contributed by atoms with Gasteiger partial charge in [-0.05, 0) is 50.5 Å². The lowest BCUT2D eigenvalue weighted by Gasteiger charge is -2.36. The van der Waals surface area contributed by atoms with E-state index in [4.69, 9.17) is 0 Å². The van der Waals surface area contributed by atoms with Gasteiger partial charge in [0.05, 0.1) is 13.2 Å². The Balaban J connectivity index is 1.90. The number of alkyl halides is 1. The number of carbonyl (C=O) groups excluding carboxylic acids is 1. The second-order valence-corrected chi connectivity index (χ2v) is 6.27. The molecule has 2 N–H and O–H groups in total. The van der Waals surface area contributed by atoms with Crippen molar-refractivity contribution in [2.75, 3.05) is 19.7 Å². The smallest absolute Gasteiger partial charge is 0.253 e. The van der Waals surface area contributed by atoms with Crippen LogP contribution in [0.15, 0.2) is 18.2 Å². The van der Waals surface area contributed by atoms with E-state index in [-0.39, 0.29) is 12.5 Å². The molecule has 0 radical (unpaired) electrons. The third kappa shape index (κ3) is 2.50. The highest BCUT2D eigenvalue weighted by molar-refractivity contribution is 5.99. The molecule has 1 aromatic carbocycles. The zero-order chi connectivity index (χ0) is 15.9. The molecule has 1 aliphatic heterocycles. The number of aliphatic hydroxyl groups is 1. The fourth-order valence-corrected chi connectivity index (χ4v) is 3.17. The number of nitrogens with one attached hydrogen (secondary N) is 1. The molecule has 1 saturated heterocycles. The zero-order valence-electron chi connectivity index (χ0n) is 12.9. The van der Waals surface area contributed by atoms with Crippen LogP contribution >= 0.6 is 0 Å². The third-order valence-corrected chi connectivity index (χ3v) is 4.65. The highest BCUT2D eigenvalue weighted by Gasteiger charge is 2.37. The second kappa shape index (κ2) is 5.39. The second-order valence-electron chi connectivity index (χ2n) is 6.27. The quantitative estimate of drug-likeness (QED) is 0.896. The molecule has 0 saturated carbocycles. The Kier molecular flexibility index (Phi) is 3.68. The van der Waals surface area contributed by atoms with Crippen molar-refractivity contribution in [2.45, 2.75) is 32.4 Å². The van der Waals surface area contributed by atoms with E-state index < -0.39 is 12.3 Å². The van der Waals surface area contributed by atoms with Crippen LogP contribution in [0.1, 0.15) is 34.5 Å². The highest BCUT2D eigenvalue weighted by Crippen LogP contribution is 2.27. The van der Waals surface area contributed by atoms with E-state index in [1.54, 1.807) is 6.07 Å². The molecule has 2 aromatic rings. The number of aromatic nitrogens is 1. The summed E-state index contributed by atoms with van der Waals surface area (Å²) in [7, 11) is 0. The fourth-order valence-electron chi connectivity index (χ4n) is 3.17. The standard InChI is InChI=1S/C17H21FN2O2/c1-11-12(2)19-15-5-4-13(8-14(11)15)16(22)20-7-3-6-17(18,9-20)10-21/h4-5,8,19,21H,3,6-7,9-10H2,1-2H3. The van der Waals surface area contributed by atoms with Gasteiger partial charge in [0.1, 0.15) is 0 Å². The van der Waals surface area contributed by atoms with Crippen molar-refractivity contribution in [2.24, 2.45) is 0 Å². The van der Waals surface area contributed by atoms with Crippen LogP contribution in [0.4, 0.5) is 4.39 Å². The molecule has 1 amide bonds. The number of halogens is 1. The number of hydrogen-bond donors (Lipinski definition) is 2. The summed E-state index contributed by atoms with van der Waals surface area (Å²) >= 11 is 0. The number of piperidine rings is 1. The minimum absolute atomic E-state index is 0.0362. The van der Waals surface area contributed by atoms with Gasteiger partial charge in [-0.15, -0.1) is 0 Å². The summed E-state index contributed by atoms with van der Waals surface area (Å²) in [6.45, 7) is 3.98. The van der Waals surface area contributed by atoms with E-state index in [1.807, 2.05) is 26.0 Å². The lowest BCUT2D eigenvalue weighted by Crippen LogP contribution is -2.49. The molecule has 1 fully saturated rings. The molecule has 118 valence electrons. The Morgan fingerprint density at radius 3 is 2.95 bits per heavy atom. The van der Waals surface area contributed by atoms with Gasteiger partial charge in [-0.3, -0.25) is 4.79 Å². The summed E-state index contributed by atoms with van der Waals surface area (Å²) in [5.74, 6) is -0.171. The molecule has 1 aromatic heterocycles. The number of likely N-dealkylation sites (tertiary alicyclic amines) is 1. The molecule has 1 atom stereocenters. The topological polar surface area (TPSA) is 56.3 Å². The van der Waals surface area contributed by atoms with E-state index >= 15 is 0 Å². The van der Waals surface area contributed by atoms with E-state index in [2.05, 4.69) is 4.98 Å². The zero-order valence-corrected chi connectivity index (χ0v) is 12.9. The first-order chi connectivity index (χ1) is 10.4. The largest absolute Gasteiger partial charge is 0.393 e. The fraction of sp³-hybridized carbons (Fsp3) is 0.471. The van der Waals surface area contributed by atoms with Crippen molar-refractivity contribution in [3.8, 4) is 0 Å². The summed E-state index contributed by atoms with van der Waals surface area (Å²) in [4.78, 5) is 17.4. The van der Waals surface area contributed by atoms with Gasteiger partial charge >= 0.3 is 0 Å². The van der Waals surface area contributed by atoms with Crippen molar-refractivity contribution >= 4 is 16.8 Å². The first-order valence-electron chi connectivity index (χ1n) is 7.61. The first-order valence-corrected chi connectivity index (χ1v) is 7.61. The number of amides is 1. The molecule has 0 aliphatic carbocycles. The number of aryl methyl sites for hydroxylation is 2. The van der Waals surface area contributed by atoms with Crippen LogP contribution in [0.5, 0.6) is 0 Å². The molecule has 2 heterocycles. The van der Waals surface area contributed by atoms with Gasteiger partial charge in [0.25, 0.3) is 5.91 Å². The number of nitrogens with zero attached hydrogens (tertiary/aromatic N) is 1. The van der Waals surface area contributed by atoms with Crippen molar-refractivity contribution in [1.82, 2.24) is 9.88 Å². The van der Waals surface area contributed by atoms with E-state index in [0.717, 1.165) is 22.2 Å². The monoisotopic (exact) mass is 304 g/mol. The summed E-state index contributed by atoms with van der Waals surface area (Å²) in [6.07, 6.45) is 0.885. The van der Waals surface area contributed by atoms with Crippen LogP contribution in [0.2, 0.25) is 0 Å². The van der Waals surface area contributed by atoms with Gasteiger partial charge in [0.15, 0.2) is 5.67 Å². The number of hydrogen-bond acceptors (Lipinski definition) is 2. The van der Waals surface area contributed by atoms with Gasteiger partial charge < -0.3 is 15.0 Å². The molecule has 5 heteroatoms. The number of fused-ring (bicyclic) bond motifs is 1. The number of aromatic amines is 1. The van der Waals surface area contributed by atoms with Crippen LogP contribution < -0.4 is 0 Å². The lowest BCUT2D eigenvalue weighted by atomic mass is 9.95. The third-order valence-electron chi connectivity index (χ3n) is 4.65. The highest BCUT2D eigenvalue weighted by atomic mass is 19.1. The molecule has 3 rings (SSSR count). The maximum atomic E-state index is 14.3. The lowest BCUT2D eigenvalue weighted by molar-refractivity contribution is 0.00174. The summed E-state index contributed by atoms with van der Waals surface area (Å²) in [5, 5.41) is 10.2. The number of rotatable bonds is 2. The predicted molar refractivity (Wildman–Crippen MR) is 83.8 cm³/mol. The molecule has 1 aliphatic rings. The van der Waals surface area contributed by atoms with E-state index in [0.29, 0.717) is 24.9 Å². The Bertz CT molecular complexity index is 725. The SMILES string of the molecule is Cc1[nH]c2ccc(C(=O)N3CCCC(F)(CO)C3)cc2c1C. The Labute approximate surface area is 128 Å². The molecule has 4 nitrogen and oxygen atoms in total. The summed E-state index contributed by atoms with van der Waals surface area (Å²) < 4.78 is 14.3. The molecule has 0 bridgehead atoms. The van der Waals surface area contributed by atoms with Gasteiger partial charge in [-0.25, -0.2) is 4.39 Å². The summed E-state index contributed by atoms with van der Waals surface area (Å²) in [6, 6.07) is 5.53.